The molecule has 1 aromatic heterocycles. The lowest BCUT2D eigenvalue weighted by molar-refractivity contribution is 0.174. The lowest BCUT2D eigenvalue weighted by atomic mass is 10.2. The van der Waals surface area contributed by atoms with Gasteiger partial charge in [0, 0.05) is 30.2 Å². The van der Waals surface area contributed by atoms with Gasteiger partial charge in [-0.25, -0.2) is 0 Å². The first kappa shape index (κ1) is 9.84. The van der Waals surface area contributed by atoms with E-state index in [9.17, 15) is 0 Å². The molecular formula is C13H10N2O2. The van der Waals surface area contributed by atoms with E-state index >= 15 is 0 Å². The molecule has 0 saturated heterocycles. The number of nitrogens with zero attached hydrogens (tertiary/aromatic N) is 2. The molecule has 0 bridgehead atoms. The second-order valence-corrected chi connectivity index (χ2v) is 3.58. The monoisotopic (exact) mass is 226 g/mol. The molecule has 2 heterocycles. The molecule has 1 aliphatic heterocycles. The summed E-state index contributed by atoms with van der Waals surface area (Å²) in [6, 6.07) is 9.43. The fourth-order valence-electron chi connectivity index (χ4n) is 1.57. The van der Waals surface area contributed by atoms with Crippen LogP contribution in [0.4, 0.5) is 5.69 Å². The van der Waals surface area contributed by atoms with Crippen LogP contribution in [-0.4, -0.2) is 18.0 Å². The molecule has 0 aliphatic carbocycles. The van der Waals surface area contributed by atoms with E-state index in [1.807, 2.05) is 30.3 Å². The normalized spacial score (nSPS) is 13.2. The van der Waals surface area contributed by atoms with Crippen LogP contribution in [0.2, 0.25) is 0 Å². The maximum absolute atomic E-state index is 5.28. The largest absolute Gasteiger partial charge is 0.454 e. The Morgan fingerprint density at radius 3 is 3.00 bits per heavy atom. The quantitative estimate of drug-likeness (QED) is 0.739. The summed E-state index contributed by atoms with van der Waals surface area (Å²) in [5.74, 6) is 1.51. The number of fused-ring (bicyclic) bond motifs is 1. The van der Waals surface area contributed by atoms with Gasteiger partial charge in [0.25, 0.3) is 0 Å². The Bertz CT molecular complexity index is 553. The summed E-state index contributed by atoms with van der Waals surface area (Å²) in [7, 11) is 0. The second kappa shape index (κ2) is 4.25. The average molecular weight is 226 g/mol. The van der Waals surface area contributed by atoms with Gasteiger partial charge >= 0.3 is 0 Å². The fraction of sp³-hybridized carbons (Fsp3) is 0.0769. The van der Waals surface area contributed by atoms with Gasteiger partial charge in [-0.1, -0.05) is 6.07 Å². The van der Waals surface area contributed by atoms with Gasteiger partial charge in [-0.3, -0.25) is 9.98 Å². The molecule has 0 atom stereocenters. The van der Waals surface area contributed by atoms with Gasteiger partial charge in [-0.15, -0.1) is 0 Å². The molecule has 4 heteroatoms. The van der Waals surface area contributed by atoms with Gasteiger partial charge in [0.1, 0.15) is 0 Å². The van der Waals surface area contributed by atoms with Gasteiger partial charge in [-0.05, 0) is 18.2 Å². The zero-order chi connectivity index (χ0) is 11.5. The molecule has 0 N–H and O–H groups in total. The molecule has 1 aromatic carbocycles. The molecule has 84 valence electrons. The number of aliphatic imine (C=N–C) groups is 1. The first-order valence-electron chi connectivity index (χ1n) is 5.25. The Morgan fingerprint density at radius 1 is 1.18 bits per heavy atom. The van der Waals surface area contributed by atoms with Crippen LogP contribution in [0.5, 0.6) is 11.5 Å². The van der Waals surface area contributed by atoms with Crippen molar-refractivity contribution in [3.8, 4) is 11.5 Å². The van der Waals surface area contributed by atoms with Gasteiger partial charge in [-0.2, -0.15) is 0 Å². The predicted octanol–water partition coefficient (Wildman–Crippen LogP) is 2.56. The molecule has 17 heavy (non-hydrogen) atoms. The lowest BCUT2D eigenvalue weighted by Gasteiger charge is -1.97. The summed E-state index contributed by atoms with van der Waals surface area (Å²) in [6.07, 6.45) is 5.26. The van der Waals surface area contributed by atoms with Crippen molar-refractivity contribution in [2.24, 2.45) is 4.99 Å². The highest BCUT2D eigenvalue weighted by Gasteiger charge is 2.12. The fourth-order valence-corrected chi connectivity index (χ4v) is 1.57. The van der Waals surface area contributed by atoms with Crippen molar-refractivity contribution in [3.63, 3.8) is 0 Å². The van der Waals surface area contributed by atoms with Crippen LogP contribution in [0.15, 0.2) is 47.7 Å². The van der Waals surface area contributed by atoms with Crippen molar-refractivity contribution >= 4 is 11.9 Å². The molecule has 3 rings (SSSR count). The number of hydrogen-bond acceptors (Lipinski definition) is 4. The van der Waals surface area contributed by atoms with Crippen LogP contribution >= 0.6 is 0 Å². The zero-order valence-corrected chi connectivity index (χ0v) is 9.04. The van der Waals surface area contributed by atoms with Crippen LogP contribution < -0.4 is 9.47 Å². The first-order valence-corrected chi connectivity index (χ1v) is 5.25. The molecule has 4 nitrogen and oxygen atoms in total. The molecule has 0 spiro atoms. The number of aromatic nitrogens is 1. The Hall–Kier alpha value is -2.36. The summed E-state index contributed by atoms with van der Waals surface area (Å²) in [6.45, 7) is 0.283. The van der Waals surface area contributed by atoms with E-state index in [4.69, 9.17) is 9.47 Å². The van der Waals surface area contributed by atoms with E-state index < -0.39 is 0 Å². The van der Waals surface area contributed by atoms with Gasteiger partial charge in [0.05, 0.1) is 5.69 Å². The Balaban J connectivity index is 1.84. The highest BCUT2D eigenvalue weighted by Crippen LogP contribution is 2.35. The molecule has 0 saturated carbocycles. The van der Waals surface area contributed by atoms with Crippen LogP contribution in [0, 0.1) is 0 Å². The van der Waals surface area contributed by atoms with Crippen LogP contribution in [0.25, 0.3) is 0 Å². The van der Waals surface area contributed by atoms with E-state index in [1.54, 1.807) is 18.6 Å². The molecule has 0 amide bonds. The molecular weight excluding hydrogens is 216 g/mol. The highest BCUT2D eigenvalue weighted by atomic mass is 16.7. The standard InChI is InChI=1S/C13H10N2O2/c1-2-10(7-14-5-1)8-15-11-3-4-12-13(6-11)17-9-16-12/h1-8H,9H2. The van der Waals surface area contributed by atoms with Gasteiger partial charge in [0.15, 0.2) is 11.5 Å². The van der Waals surface area contributed by atoms with Crippen molar-refractivity contribution in [2.75, 3.05) is 6.79 Å². The SMILES string of the molecule is C(=Nc1ccc2c(c1)OCO2)c1cccnc1. The van der Waals surface area contributed by atoms with Gasteiger partial charge in [0.2, 0.25) is 6.79 Å². The molecule has 1 aliphatic rings. The Labute approximate surface area is 98.6 Å². The van der Waals surface area contributed by atoms with Crippen molar-refractivity contribution in [1.82, 2.24) is 4.98 Å². The van der Waals surface area contributed by atoms with Crippen molar-refractivity contribution in [2.45, 2.75) is 0 Å². The van der Waals surface area contributed by atoms with Crippen molar-refractivity contribution in [3.05, 3.63) is 48.3 Å². The minimum Gasteiger partial charge on any atom is -0.454 e. The first-order chi connectivity index (χ1) is 8.42. The maximum atomic E-state index is 5.28. The number of pyridine rings is 1. The van der Waals surface area contributed by atoms with E-state index in [0.717, 1.165) is 22.7 Å². The number of hydrogen-bond donors (Lipinski definition) is 0. The summed E-state index contributed by atoms with van der Waals surface area (Å²) in [5.41, 5.74) is 1.79. The smallest absolute Gasteiger partial charge is 0.231 e. The van der Waals surface area contributed by atoms with E-state index in [-0.39, 0.29) is 6.79 Å². The third-order valence-electron chi connectivity index (χ3n) is 2.40. The van der Waals surface area contributed by atoms with Crippen LogP contribution in [0.1, 0.15) is 5.56 Å². The minimum absolute atomic E-state index is 0.283. The molecule has 0 radical (unpaired) electrons. The van der Waals surface area contributed by atoms with Crippen LogP contribution in [0.3, 0.4) is 0 Å². The number of benzene rings is 1. The van der Waals surface area contributed by atoms with E-state index in [1.165, 1.54) is 0 Å². The van der Waals surface area contributed by atoms with E-state index in [0.29, 0.717) is 0 Å². The summed E-state index contributed by atoms with van der Waals surface area (Å²) in [4.78, 5) is 8.37. The second-order valence-electron chi connectivity index (χ2n) is 3.58. The highest BCUT2D eigenvalue weighted by molar-refractivity contribution is 5.81. The topological polar surface area (TPSA) is 43.7 Å². The average Bonchev–Trinajstić information content (AvgIpc) is 2.85. The minimum atomic E-state index is 0.283. The Morgan fingerprint density at radius 2 is 2.12 bits per heavy atom. The molecule has 2 aromatic rings. The van der Waals surface area contributed by atoms with E-state index in [2.05, 4.69) is 9.98 Å². The predicted molar refractivity (Wildman–Crippen MR) is 64.1 cm³/mol. The zero-order valence-electron chi connectivity index (χ0n) is 9.04. The summed E-state index contributed by atoms with van der Waals surface area (Å²) in [5, 5.41) is 0. The van der Waals surface area contributed by atoms with Crippen LogP contribution in [-0.2, 0) is 0 Å². The Kier molecular flexibility index (Phi) is 2.46. The molecule has 0 unspecified atom stereocenters. The van der Waals surface area contributed by atoms with Crippen molar-refractivity contribution in [1.29, 1.82) is 0 Å². The lowest BCUT2D eigenvalue weighted by Crippen LogP contribution is -1.92. The number of rotatable bonds is 2. The van der Waals surface area contributed by atoms with Gasteiger partial charge < -0.3 is 9.47 Å². The third-order valence-corrected chi connectivity index (χ3v) is 2.40. The number of ether oxygens (including phenoxy) is 2. The maximum Gasteiger partial charge on any atom is 0.231 e. The summed E-state index contributed by atoms with van der Waals surface area (Å²) < 4.78 is 10.5. The van der Waals surface area contributed by atoms with Crippen molar-refractivity contribution < 1.29 is 9.47 Å². The summed E-state index contributed by atoms with van der Waals surface area (Å²) >= 11 is 0. The third kappa shape index (κ3) is 2.10. The molecule has 0 fully saturated rings.